The van der Waals surface area contributed by atoms with E-state index in [0.717, 1.165) is 0 Å². The Bertz CT molecular complexity index is 762. The number of nitrogens with zero attached hydrogens (tertiary/aromatic N) is 2. The van der Waals surface area contributed by atoms with Crippen LogP contribution in [0.5, 0.6) is 0 Å². The Morgan fingerprint density at radius 2 is 1.83 bits per heavy atom. The van der Waals surface area contributed by atoms with Crippen LogP contribution in [0.2, 0.25) is 0 Å². The Kier molecular flexibility index (Phi) is 6.96. The van der Waals surface area contributed by atoms with Crippen molar-refractivity contribution in [2.24, 2.45) is 5.92 Å². The number of imide groups is 1. The molecule has 0 aromatic carbocycles. The van der Waals surface area contributed by atoms with Gasteiger partial charge in [-0.05, 0) is 25.3 Å². The van der Waals surface area contributed by atoms with E-state index in [1.54, 1.807) is 0 Å². The van der Waals surface area contributed by atoms with Gasteiger partial charge in [-0.3, -0.25) is 24.1 Å². The summed E-state index contributed by atoms with van der Waals surface area (Å²) in [5, 5.41) is 5.43. The van der Waals surface area contributed by atoms with Crippen molar-refractivity contribution in [1.29, 1.82) is 0 Å². The predicted octanol–water partition coefficient (Wildman–Crippen LogP) is -0.273. The van der Waals surface area contributed by atoms with Crippen LogP contribution in [-0.4, -0.2) is 71.7 Å². The standard InChI is InChI=1S/C19H30N4O6/c1-13(2)12-22-11-3-4-14(22)19(28)21-9-7-15(24)20-10-8-18(27)29-23-16(25)5-6-17(23)26/h13-14H,3-12H2,1-2H3,(H,20,24)(H,21,28)/i11D2,14D. The summed E-state index contributed by atoms with van der Waals surface area (Å²) < 4.78 is 24.7. The molecule has 4 amide bonds. The minimum absolute atomic E-state index is 0.00598. The number of nitrogens with one attached hydrogen (secondary N) is 2. The Balaban J connectivity index is 1.71. The highest BCUT2D eigenvalue weighted by Gasteiger charge is 2.33. The third kappa shape index (κ3) is 7.12. The van der Waals surface area contributed by atoms with Crippen molar-refractivity contribution in [3.05, 3.63) is 0 Å². The van der Waals surface area contributed by atoms with E-state index in [4.69, 9.17) is 4.11 Å². The fraction of sp³-hybridized carbons (Fsp3) is 0.737. The summed E-state index contributed by atoms with van der Waals surface area (Å²) in [6, 6.07) is -1.74. The predicted molar refractivity (Wildman–Crippen MR) is 102 cm³/mol. The molecule has 0 spiro atoms. The quantitative estimate of drug-likeness (QED) is 0.472. The summed E-state index contributed by atoms with van der Waals surface area (Å²) in [5.74, 6) is -3.05. The number of likely N-dealkylation sites (tertiary alicyclic amines) is 1. The highest BCUT2D eigenvalue weighted by molar-refractivity contribution is 6.01. The Morgan fingerprint density at radius 3 is 2.48 bits per heavy atom. The van der Waals surface area contributed by atoms with Gasteiger partial charge in [0.2, 0.25) is 11.8 Å². The molecule has 2 aliphatic heterocycles. The van der Waals surface area contributed by atoms with E-state index in [2.05, 4.69) is 15.5 Å². The Morgan fingerprint density at radius 1 is 1.17 bits per heavy atom. The van der Waals surface area contributed by atoms with Crippen molar-refractivity contribution < 1.29 is 32.9 Å². The zero-order valence-electron chi connectivity index (χ0n) is 19.8. The van der Waals surface area contributed by atoms with Crippen molar-refractivity contribution in [2.45, 2.75) is 58.4 Å². The number of carbonyl (C=O) groups excluding carboxylic acids is 5. The van der Waals surface area contributed by atoms with Crippen molar-refractivity contribution >= 4 is 29.6 Å². The summed E-state index contributed by atoms with van der Waals surface area (Å²) in [6.07, 6.45) is -0.236. The van der Waals surface area contributed by atoms with E-state index in [0.29, 0.717) is 5.06 Å². The molecule has 2 fully saturated rings. The monoisotopic (exact) mass is 413 g/mol. The molecule has 1 atom stereocenters. The van der Waals surface area contributed by atoms with Gasteiger partial charge in [0, 0.05) is 41.6 Å². The van der Waals surface area contributed by atoms with Gasteiger partial charge in [0.1, 0.15) is 0 Å². The molecule has 0 aromatic heterocycles. The SMILES string of the molecule is [2H]C1([2H])CCC([2H])(C(=O)NCCC(=O)NCCC(=O)ON2C(=O)CCC2=O)N1CC(C)C. The molecule has 0 saturated carbocycles. The number of rotatable bonds is 10. The van der Waals surface area contributed by atoms with Crippen LogP contribution in [0.3, 0.4) is 0 Å². The molecule has 29 heavy (non-hydrogen) atoms. The third-order valence-electron chi connectivity index (χ3n) is 4.29. The van der Waals surface area contributed by atoms with E-state index < -0.39 is 42.1 Å². The molecule has 0 bridgehead atoms. The fourth-order valence-corrected chi connectivity index (χ4v) is 2.90. The van der Waals surface area contributed by atoms with Gasteiger partial charge >= 0.3 is 5.97 Å². The second kappa shape index (κ2) is 10.9. The molecule has 2 heterocycles. The summed E-state index contributed by atoms with van der Waals surface area (Å²) in [6.45, 7) is 2.15. The van der Waals surface area contributed by atoms with Crippen molar-refractivity contribution in [3.8, 4) is 0 Å². The lowest BCUT2D eigenvalue weighted by Crippen LogP contribution is -2.45. The molecule has 0 aromatic rings. The third-order valence-corrected chi connectivity index (χ3v) is 4.29. The first-order valence-electron chi connectivity index (χ1n) is 11.3. The van der Waals surface area contributed by atoms with Gasteiger partial charge in [-0.25, -0.2) is 4.79 Å². The smallest absolute Gasteiger partial charge is 0.334 e. The van der Waals surface area contributed by atoms with Gasteiger partial charge in [-0.2, -0.15) is 0 Å². The van der Waals surface area contributed by atoms with Crippen LogP contribution in [0.1, 0.15) is 56.5 Å². The van der Waals surface area contributed by atoms with Crippen molar-refractivity contribution in [1.82, 2.24) is 20.6 Å². The zero-order chi connectivity index (χ0) is 24.1. The molecule has 10 nitrogen and oxygen atoms in total. The number of amides is 4. The molecule has 0 radical (unpaired) electrons. The normalized spacial score (nSPS) is 25.5. The molecular formula is C19H30N4O6. The van der Waals surface area contributed by atoms with Crippen LogP contribution in [0.15, 0.2) is 0 Å². The maximum absolute atomic E-state index is 12.6. The molecule has 2 rings (SSSR count). The molecule has 2 saturated heterocycles. The summed E-state index contributed by atoms with van der Waals surface area (Å²) in [7, 11) is 0. The average Bonchev–Trinajstić information content (AvgIpc) is 3.13. The first-order chi connectivity index (χ1) is 14.9. The van der Waals surface area contributed by atoms with E-state index in [1.165, 1.54) is 4.90 Å². The topological polar surface area (TPSA) is 125 Å². The van der Waals surface area contributed by atoms with Gasteiger partial charge < -0.3 is 15.5 Å². The maximum Gasteiger partial charge on any atom is 0.334 e. The largest absolute Gasteiger partial charge is 0.355 e. The molecule has 0 aliphatic carbocycles. The average molecular weight is 413 g/mol. The molecule has 10 heteroatoms. The zero-order valence-corrected chi connectivity index (χ0v) is 16.8. The lowest BCUT2D eigenvalue weighted by atomic mass is 10.1. The number of hydrogen-bond donors (Lipinski definition) is 2. The molecule has 2 N–H and O–H groups in total. The van der Waals surface area contributed by atoms with Gasteiger partial charge in [0.15, 0.2) is 0 Å². The van der Waals surface area contributed by atoms with Crippen molar-refractivity contribution in [2.75, 3.05) is 26.1 Å². The molecule has 1 unspecified atom stereocenters. The van der Waals surface area contributed by atoms with Crippen LogP contribution in [0.4, 0.5) is 0 Å². The lowest BCUT2D eigenvalue weighted by molar-refractivity contribution is -0.197. The minimum Gasteiger partial charge on any atom is -0.355 e. The Labute approximate surface area is 174 Å². The van der Waals surface area contributed by atoms with Gasteiger partial charge in [0.25, 0.3) is 11.8 Å². The van der Waals surface area contributed by atoms with Gasteiger partial charge in [-0.15, -0.1) is 5.06 Å². The number of hydrogen-bond acceptors (Lipinski definition) is 7. The summed E-state index contributed by atoms with van der Waals surface area (Å²) in [5.41, 5.74) is 0. The first kappa shape index (κ1) is 18.5. The molecule has 2 aliphatic rings. The van der Waals surface area contributed by atoms with E-state index in [9.17, 15) is 24.0 Å². The molecular weight excluding hydrogens is 380 g/mol. The highest BCUT2D eigenvalue weighted by Crippen LogP contribution is 2.18. The van der Waals surface area contributed by atoms with Crippen LogP contribution in [-0.2, 0) is 28.8 Å². The first-order valence-corrected chi connectivity index (χ1v) is 9.76. The summed E-state index contributed by atoms with van der Waals surface area (Å²) >= 11 is 0. The van der Waals surface area contributed by atoms with E-state index in [-0.39, 0.29) is 64.1 Å². The van der Waals surface area contributed by atoms with Crippen LogP contribution >= 0.6 is 0 Å². The van der Waals surface area contributed by atoms with E-state index in [1.807, 2.05) is 13.8 Å². The highest BCUT2D eigenvalue weighted by atomic mass is 16.7. The van der Waals surface area contributed by atoms with Crippen molar-refractivity contribution in [3.63, 3.8) is 0 Å². The van der Waals surface area contributed by atoms with Crippen LogP contribution in [0.25, 0.3) is 0 Å². The molecule has 162 valence electrons. The van der Waals surface area contributed by atoms with E-state index >= 15 is 0 Å². The van der Waals surface area contributed by atoms with Gasteiger partial charge in [0.05, 0.1) is 13.8 Å². The van der Waals surface area contributed by atoms with Crippen LogP contribution in [0, 0.1) is 5.92 Å². The lowest BCUT2D eigenvalue weighted by Gasteiger charge is -2.25. The Hall–Kier alpha value is -2.49. The summed E-state index contributed by atoms with van der Waals surface area (Å²) in [4.78, 5) is 64.9. The number of carbonyl (C=O) groups is 5. The minimum atomic E-state index is -1.75. The fourth-order valence-electron chi connectivity index (χ4n) is 2.90. The second-order valence-electron chi connectivity index (χ2n) is 7.26. The van der Waals surface area contributed by atoms with Gasteiger partial charge in [-0.1, -0.05) is 13.8 Å². The maximum atomic E-state index is 12.6. The number of hydroxylamine groups is 2. The second-order valence-corrected chi connectivity index (χ2v) is 7.26. The van der Waals surface area contributed by atoms with Crippen LogP contribution < -0.4 is 10.6 Å².